The van der Waals surface area contributed by atoms with Gasteiger partial charge in [-0.25, -0.2) is 4.39 Å². The van der Waals surface area contributed by atoms with Crippen LogP contribution in [0.1, 0.15) is 11.3 Å². The van der Waals surface area contributed by atoms with Crippen LogP contribution in [-0.4, -0.2) is 4.98 Å². The second kappa shape index (κ2) is 6.51. The average Bonchev–Trinajstić information content (AvgIpc) is 2.98. The van der Waals surface area contributed by atoms with E-state index in [2.05, 4.69) is 10.3 Å². The zero-order valence-electron chi connectivity index (χ0n) is 11.9. The quantitative estimate of drug-likeness (QED) is 0.759. The van der Waals surface area contributed by atoms with Crippen molar-refractivity contribution in [3.63, 3.8) is 0 Å². The summed E-state index contributed by atoms with van der Waals surface area (Å²) in [5.41, 5.74) is 1.73. The molecule has 1 heterocycles. The Morgan fingerprint density at radius 1 is 1.13 bits per heavy atom. The van der Waals surface area contributed by atoms with E-state index in [1.807, 2.05) is 18.2 Å². The number of hydrogen-bond acceptors (Lipinski definition) is 4. The molecular formula is C17H11ClFN3O. The van der Waals surface area contributed by atoms with Crippen molar-refractivity contribution in [3.05, 3.63) is 70.6 Å². The number of nitriles is 1. The molecule has 2 aromatic carbocycles. The topological polar surface area (TPSA) is 61.9 Å². The molecule has 0 aliphatic carbocycles. The first-order chi connectivity index (χ1) is 11.2. The van der Waals surface area contributed by atoms with E-state index >= 15 is 0 Å². The van der Waals surface area contributed by atoms with Crippen molar-refractivity contribution in [3.8, 4) is 17.5 Å². The number of benzene rings is 2. The highest BCUT2D eigenvalue weighted by molar-refractivity contribution is 6.30. The third-order valence-corrected chi connectivity index (χ3v) is 3.44. The lowest BCUT2D eigenvalue weighted by Crippen LogP contribution is -1.99. The van der Waals surface area contributed by atoms with Crippen molar-refractivity contribution < 1.29 is 8.81 Å². The standard InChI is InChI=1S/C17H11ClFN3O/c18-13-5-1-11(2-6-13)10-21-17-15(9-20)22-16(23-17)12-3-7-14(19)8-4-12/h1-8,21H,10H2. The Morgan fingerprint density at radius 2 is 1.83 bits per heavy atom. The van der Waals surface area contributed by atoms with Gasteiger partial charge in [0.1, 0.15) is 11.9 Å². The van der Waals surface area contributed by atoms with Gasteiger partial charge in [0.15, 0.2) is 0 Å². The van der Waals surface area contributed by atoms with Crippen LogP contribution in [0.3, 0.4) is 0 Å². The Hall–Kier alpha value is -2.84. The summed E-state index contributed by atoms with van der Waals surface area (Å²) in [6.07, 6.45) is 0. The Balaban J connectivity index is 1.80. The molecule has 0 aliphatic rings. The second-order valence-electron chi connectivity index (χ2n) is 4.80. The highest BCUT2D eigenvalue weighted by Gasteiger charge is 2.14. The third-order valence-electron chi connectivity index (χ3n) is 3.19. The van der Waals surface area contributed by atoms with Crippen LogP contribution in [0.2, 0.25) is 5.02 Å². The van der Waals surface area contributed by atoms with Crippen molar-refractivity contribution in [2.24, 2.45) is 0 Å². The molecule has 1 N–H and O–H groups in total. The Bertz CT molecular complexity index is 851. The molecule has 0 radical (unpaired) electrons. The number of rotatable bonds is 4. The Labute approximate surface area is 137 Å². The van der Waals surface area contributed by atoms with Gasteiger partial charge in [-0.3, -0.25) is 0 Å². The number of nitrogens with one attached hydrogen (secondary N) is 1. The highest BCUT2D eigenvalue weighted by Crippen LogP contribution is 2.26. The van der Waals surface area contributed by atoms with E-state index in [4.69, 9.17) is 21.3 Å². The Kier molecular flexibility index (Phi) is 4.26. The molecule has 0 spiro atoms. The number of anilines is 1. The van der Waals surface area contributed by atoms with E-state index < -0.39 is 0 Å². The summed E-state index contributed by atoms with van der Waals surface area (Å²) >= 11 is 5.84. The molecule has 0 atom stereocenters. The normalized spacial score (nSPS) is 10.3. The fourth-order valence-electron chi connectivity index (χ4n) is 2.02. The fourth-order valence-corrected chi connectivity index (χ4v) is 2.14. The van der Waals surface area contributed by atoms with Crippen molar-refractivity contribution in [1.29, 1.82) is 5.26 Å². The largest absolute Gasteiger partial charge is 0.419 e. The van der Waals surface area contributed by atoms with Crippen LogP contribution >= 0.6 is 11.6 Å². The molecule has 23 heavy (non-hydrogen) atoms. The van der Waals surface area contributed by atoms with Crippen LogP contribution in [0.25, 0.3) is 11.5 Å². The van der Waals surface area contributed by atoms with E-state index in [9.17, 15) is 4.39 Å². The molecular weight excluding hydrogens is 317 g/mol. The maximum atomic E-state index is 13.0. The molecule has 3 rings (SSSR count). The highest BCUT2D eigenvalue weighted by atomic mass is 35.5. The van der Waals surface area contributed by atoms with Gasteiger partial charge in [0.25, 0.3) is 0 Å². The van der Waals surface area contributed by atoms with Crippen LogP contribution in [0.4, 0.5) is 10.3 Å². The summed E-state index contributed by atoms with van der Waals surface area (Å²) in [6, 6.07) is 15.0. The molecule has 4 nitrogen and oxygen atoms in total. The number of oxazole rings is 1. The second-order valence-corrected chi connectivity index (χ2v) is 5.23. The molecule has 0 unspecified atom stereocenters. The van der Waals surface area contributed by atoms with Gasteiger partial charge >= 0.3 is 0 Å². The van der Waals surface area contributed by atoms with Crippen LogP contribution in [0, 0.1) is 17.1 Å². The minimum atomic E-state index is -0.345. The first-order valence-electron chi connectivity index (χ1n) is 6.81. The monoisotopic (exact) mass is 327 g/mol. The van der Waals surface area contributed by atoms with E-state index in [0.717, 1.165) is 5.56 Å². The van der Waals surface area contributed by atoms with Gasteiger partial charge in [-0.1, -0.05) is 23.7 Å². The number of aromatic nitrogens is 1. The summed E-state index contributed by atoms with van der Waals surface area (Å²) in [7, 11) is 0. The zero-order chi connectivity index (χ0) is 16.2. The maximum absolute atomic E-state index is 13.0. The number of halogens is 2. The summed E-state index contributed by atoms with van der Waals surface area (Å²) in [4.78, 5) is 4.12. The maximum Gasteiger partial charge on any atom is 0.232 e. The van der Waals surface area contributed by atoms with Gasteiger partial charge in [0.2, 0.25) is 17.5 Å². The molecule has 0 saturated carbocycles. The molecule has 6 heteroatoms. The molecule has 1 aromatic heterocycles. The van der Waals surface area contributed by atoms with Crippen molar-refractivity contribution in [2.45, 2.75) is 6.54 Å². The van der Waals surface area contributed by atoms with Gasteiger partial charge < -0.3 is 9.73 Å². The predicted molar refractivity (Wildman–Crippen MR) is 85.4 cm³/mol. The molecule has 0 aliphatic heterocycles. The van der Waals surface area contributed by atoms with Gasteiger partial charge in [0.05, 0.1) is 0 Å². The van der Waals surface area contributed by atoms with Crippen molar-refractivity contribution in [2.75, 3.05) is 5.32 Å². The third kappa shape index (κ3) is 3.50. The fraction of sp³-hybridized carbons (Fsp3) is 0.0588. The summed E-state index contributed by atoms with van der Waals surface area (Å²) in [5, 5.41) is 12.9. The molecule has 114 valence electrons. The van der Waals surface area contributed by atoms with Crippen LogP contribution in [0.15, 0.2) is 52.9 Å². The molecule has 0 saturated heterocycles. The SMILES string of the molecule is N#Cc1nc(-c2ccc(F)cc2)oc1NCc1ccc(Cl)cc1. The van der Waals surface area contributed by atoms with Crippen molar-refractivity contribution in [1.82, 2.24) is 4.98 Å². The summed E-state index contributed by atoms with van der Waals surface area (Å²) in [6.45, 7) is 0.462. The van der Waals surface area contributed by atoms with Crippen molar-refractivity contribution >= 4 is 17.5 Å². The van der Waals surface area contributed by atoms with Crippen LogP contribution < -0.4 is 5.32 Å². The minimum Gasteiger partial charge on any atom is -0.419 e. The lowest BCUT2D eigenvalue weighted by Gasteiger charge is -2.03. The first kappa shape index (κ1) is 15.1. The Morgan fingerprint density at radius 3 is 2.48 bits per heavy atom. The van der Waals surface area contributed by atoms with E-state index in [1.165, 1.54) is 12.1 Å². The van der Waals surface area contributed by atoms with E-state index in [0.29, 0.717) is 17.1 Å². The van der Waals surface area contributed by atoms with E-state index in [-0.39, 0.29) is 23.3 Å². The number of nitrogens with zero attached hydrogens (tertiary/aromatic N) is 2. The first-order valence-corrected chi connectivity index (χ1v) is 7.18. The number of hydrogen-bond donors (Lipinski definition) is 1. The minimum absolute atomic E-state index is 0.151. The van der Waals surface area contributed by atoms with Crippen LogP contribution in [0.5, 0.6) is 0 Å². The summed E-state index contributed by atoms with van der Waals surface area (Å²) < 4.78 is 18.5. The van der Waals surface area contributed by atoms with Gasteiger partial charge in [-0.2, -0.15) is 10.2 Å². The molecule has 0 amide bonds. The van der Waals surface area contributed by atoms with Gasteiger partial charge in [-0.05, 0) is 42.0 Å². The molecule has 0 bridgehead atoms. The molecule has 3 aromatic rings. The molecule has 0 fully saturated rings. The average molecular weight is 328 g/mol. The van der Waals surface area contributed by atoms with Gasteiger partial charge in [0, 0.05) is 17.1 Å². The zero-order valence-corrected chi connectivity index (χ0v) is 12.6. The smallest absolute Gasteiger partial charge is 0.232 e. The lowest BCUT2D eigenvalue weighted by molar-refractivity contribution is 0.584. The summed E-state index contributed by atoms with van der Waals surface area (Å²) in [5.74, 6) is 0.198. The predicted octanol–water partition coefficient (Wildman–Crippen LogP) is 4.62. The van der Waals surface area contributed by atoms with Crippen LogP contribution in [-0.2, 0) is 6.54 Å². The van der Waals surface area contributed by atoms with Gasteiger partial charge in [-0.15, -0.1) is 0 Å². The van der Waals surface area contributed by atoms with E-state index in [1.54, 1.807) is 24.3 Å². The lowest BCUT2D eigenvalue weighted by atomic mass is 10.2.